The van der Waals surface area contributed by atoms with Gasteiger partial charge < -0.3 is 10.1 Å². The Morgan fingerprint density at radius 3 is 2.57 bits per heavy atom. The molecule has 3 aromatic rings. The Hall–Kier alpha value is -2.55. The SMILES string of the molecule is COc1ccc(CCNc2ccc3ccccc3n2)cc1. The Kier molecular flexibility index (Phi) is 4.01. The molecular weight excluding hydrogens is 260 g/mol. The van der Waals surface area contributed by atoms with E-state index in [0.29, 0.717) is 0 Å². The quantitative estimate of drug-likeness (QED) is 0.768. The smallest absolute Gasteiger partial charge is 0.126 e. The van der Waals surface area contributed by atoms with Gasteiger partial charge in [0.2, 0.25) is 0 Å². The number of fused-ring (bicyclic) bond motifs is 1. The summed E-state index contributed by atoms with van der Waals surface area (Å²) in [7, 11) is 1.68. The summed E-state index contributed by atoms with van der Waals surface area (Å²) < 4.78 is 5.16. The molecule has 0 aliphatic heterocycles. The van der Waals surface area contributed by atoms with Crippen molar-refractivity contribution < 1.29 is 4.74 Å². The van der Waals surface area contributed by atoms with Crippen molar-refractivity contribution in [1.82, 2.24) is 4.98 Å². The molecule has 1 heterocycles. The summed E-state index contributed by atoms with van der Waals surface area (Å²) in [6, 6.07) is 20.4. The Balaban J connectivity index is 1.60. The average molecular weight is 278 g/mol. The first kappa shape index (κ1) is 13.4. The molecule has 0 aliphatic carbocycles. The normalized spacial score (nSPS) is 10.5. The molecule has 106 valence electrons. The second-order valence-electron chi connectivity index (χ2n) is 4.91. The van der Waals surface area contributed by atoms with Gasteiger partial charge in [0.25, 0.3) is 0 Å². The van der Waals surface area contributed by atoms with Crippen LogP contribution in [0.1, 0.15) is 5.56 Å². The number of aromatic nitrogens is 1. The number of rotatable bonds is 5. The Morgan fingerprint density at radius 1 is 0.952 bits per heavy atom. The van der Waals surface area contributed by atoms with Crippen LogP contribution in [0, 0.1) is 0 Å². The van der Waals surface area contributed by atoms with E-state index in [4.69, 9.17) is 4.74 Å². The molecule has 0 spiro atoms. The van der Waals surface area contributed by atoms with E-state index in [-0.39, 0.29) is 0 Å². The first-order valence-corrected chi connectivity index (χ1v) is 7.08. The predicted octanol–water partition coefficient (Wildman–Crippen LogP) is 3.90. The van der Waals surface area contributed by atoms with Crippen LogP contribution in [0.25, 0.3) is 10.9 Å². The van der Waals surface area contributed by atoms with Crippen molar-refractivity contribution in [3.8, 4) is 5.75 Å². The van der Waals surface area contributed by atoms with Gasteiger partial charge >= 0.3 is 0 Å². The second kappa shape index (κ2) is 6.27. The number of para-hydroxylation sites is 1. The third-order valence-electron chi connectivity index (χ3n) is 3.48. The first-order valence-electron chi connectivity index (χ1n) is 7.08. The summed E-state index contributed by atoms with van der Waals surface area (Å²) in [6.45, 7) is 0.859. The molecule has 0 radical (unpaired) electrons. The number of hydrogen-bond donors (Lipinski definition) is 1. The van der Waals surface area contributed by atoms with Crippen molar-refractivity contribution in [2.45, 2.75) is 6.42 Å². The minimum absolute atomic E-state index is 0.859. The molecule has 0 atom stereocenters. The van der Waals surface area contributed by atoms with E-state index in [1.165, 1.54) is 10.9 Å². The molecule has 0 amide bonds. The summed E-state index contributed by atoms with van der Waals surface area (Å²) in [5, 5.41) is 4.54. The largest absolute Gasteiger partial charge is 0.497 e. The van der Waals surface area contributed by atoms with Gasteiger partial charge in [0.15, 0.2) is 0 Å². The fourth-order valence-electron chi connectivity index (χ4n) is 2.29. The summed E-state index contributed by atoms with van der Waals surface area (Å²) in [4.78, 5) is 4.60. The number of nitrogens with zero attached hydrogens (tertiary/aromatic N) is 1. The van der Waals surface area contributed by atoms with Gasteiger partial charge in [0.1, 0.15) is 11.6 Å². The van der Waals surface area contributed by atoms with Crippen molar-refractivity contribution in [3.63, 3.8) is 0 Å². The zero-order valence-electron chi connectivity index (χ0n) is 12.0. The van der Waals surface area contributed by atoms with Gasteiger partial charge in [-0.15, -0.1) is 0 Å². The van der Waals surface area contributed by atoms with Crippen molar-refractivity contribution in [3.05, 3.63) is 66.2 Å². The Morgan fingerprint density at radius 2 is 1.76 bits per heavy atom. The highest BCUT2D eigenvalue weighted by Crippen LogP contribution is 2.15. The van der Waals surface area contributed by atoms with Crippen molar-refractivity contribution in [1.29, 1.82) is 0 Å². The lowest BCUT2D eigenvalue weighted by Crippen LogP contribution is -2.06. The maximum Gasteiger partial charge on any atom is 0.126 e. The van der Waals surface area contributed by atoms with Crippen LogP contribution in [0.5, 0.6) is 5.75 Å². The molecule has 3 nitrogen and oxygen atoms in total. The minimum Gasteiger partial charge on any atom is -0.497 e. The van der Waals surface area contributed by atoms with Gasteiger partial charge in [-0.1, -0.05) is 30.3 Å². The lowest BCUT2D eigenvalue weighted by atomic mass is 10.1. The monoisotopic (exact) mass is 278 g/mol. The van der Waals surface area contributed by atoms with Gasteiger partial charge in [-0.05, 0) is 42.3 Å². The number of nitrogens with one attached hydrogen (secondary N) is 1. The maximum absolute atomic E-state index is 5.16. The number of methoxy groups -OCH3 is 1. The number of anilines is 1. The molecule has 0 saturated carbocycles. The van der Waals surface area contributed by atoms with Crippen molar-refractivity contribution in [2.75, 3.05) is 19.0 Å². The molecule has 1 aromatic heterocycles. The van der Waals surface area contributed by atoms with Crippen LogP contribution in [-0.4, -0.2) is 18.6 Å². The molecule has 3 heteroatoms. The van der Waals surface area contributed by atoms with E-state index in [0.717, 1.165) is 30.0 Å². The van der Waals surface area contributed by atoms with Crippen molar-refractivity contribution in [2.24, 2.45) is 0 Å². The van der Waals surface area contributed by atoms with Gasteiger partial charge in [0.05, 0.1) is 12.6 Å². The molecule has 0 fully saturated rings. The zero-order chi connectivity index (χ0) is 14.5. The summed E-state index contributed by atoms with van der Waals surface area (Å²) in [6.07, 6.45) is 0.957. The molecule has 3 rings (SSSR count). The van der Waals surface area contributed by atoms with E-state index >= 15 is 0 Å². The number of hydrogen-bond acceptors (Lipinski definition) is 3. The molecular formula is C18H18N2O. The fourth-order valence-corrected chi connectivity index (χ4v) is 2.29. The van der Waals surface area contributed by atoms with Crippen LogP contribution < -0.4 is 10.1 Å². The number of ether oxygens (including phenoxy) is 1. The zero-order valence-corrected chi connectivity index (χ0v) is 12.0. The second-order valence-corrected chi connectivity index (χ2v) is 4.91. The summed E-state index contributed by atoms with van der Waals surface area (Å²) in [5.74, 6) is 1.81. The van der Waals surface area contributed by atoms with E-state index in [1.54, 1.807) is 7.11 Å². The van der Waals surface area contributed by atoms with Crippen LogP contribution in [0.2, 0.25) is 0 Å². The predicted molar refractivity (Wildman–Crippen MR) is 86.9 cm³/mol. The maximum atomic E-state index is 5.16. The third kappa shape index (κ3) is 3.31. The molecule has 21 heavy (non-hydrogen) atoms. The lowest BCUT2D eigenvalue weighted by Gasteiger charge is -2.07. The van der Waals surface area contributed by atoms with E-state index < -0.39 is 0 Å². The Bertz CT molecular complexity index is 723. The molecule has 1 N–H and O–H groups in total. The van der Waals surface area contributed by atoms with Gasteiger partial charge in [-0.3, -0.25) is 0 Å². The van der Waals surface area contributed by atoms with Gasteiger partial charge in [0, 0.05) is 11.9 Å². The molecule has 0 unspecified atom stereocenters. The van der Waals surface area contributed by atoms with Crippen LogP contribution in [0.4, 0.5) is 5.82 Å². The standard InChI is InChI=1S/C18H18N2O/c1-21-16-9-6-14(7-10-16)12-13-19-18-11-8-15-4-2-3-5-17(15)20-18/h2-11H,12-13H2,1H3,(H,19,20). The van der Waals surface area contributed by atoms with Crippen LogP contribution in [-0.2, 0) is 6.42 Å². The van der Waals surface area contributed by atoms with Crippen molar-refractivity contribution >= 4 is 16.7 Å². The highest BCUT2D eigenvalue weighted by Gasteiger charge is 1.98. The van der Waals surface area contributed by atoms with E-state index in [2.05, 4.69) is 34.6 Å². The first-order chi connectivity index (χ1) is 10.3. The van der Waals surface area contributed by atoms with E-state index in [9.17, 15) is 0 Å². The minimum atomic E-state index is 0.859. The van der Waals surface area contributed by atoms with Crippen LogP contribution >= 0.6 is 0 Å². The topological polar surface area (TPSA) is 34.1 Å². The van der Waals surface area contributed by atoms with Gasteiger partial charge in [-0.25, -0.2) is 4.98 Å². The fraction of sp³-hybridized carbons (Fsp3) is 0.167. The molecule has 0 bridgehead atoms. The van der Waals surface area contributed by atoms with Crippen LogP contribution in [0.3, 0.4) is 0 Å². The third-order valence-corrected chi connectivity index (χ3v) is 3.48. The highest BCUT2D eigenvalue weighted by atomic mass is 16.5. The molecule has 0 aliphatic rings. The lowest BCUT2D eigenvalue weighted by molar-refractivity contribution is 0.414. The number of benzene rings is 2. The van der Waals surface area contributed by atoms with Crippen LogP contribution in [0.15, 0.2) is 60.7 Å². The molecule has 0 saturated heterocycles. The summed E-state index contributed by atoms with van der Waals surface area (Å²) in [5.41, 5.74) is 2.30. The van der Waals surface area contributed by atoms with Gasteiger partial charge in [-0.2, -0.15) is 0 Å². The molecule has 2 aromatic carbocycles. The number of pyridine rings is 1. The summed E-state index contributed by atoms with van der Waals surface area (Å²) >= 11 is 0. The Labute approximate surface area is 124 Å². The van der Waals surface area contributed by atoms with E-state index in [1.807, 2.05) is 36.4 Å². The highest BCUT2D eigenvalue weighted by molar-refractivity contribution is 5.80. The average Bonchev–Trinajstić information content (AvgIpc) is 2.55.